The molecular formula is C15H25NS. The molecule has 0 saturated heterocycles. The molecule has 0 aliphatic carbocycles. The van der Waals surface area contributed by atoms with Gasteiger partial charge in [-0.25, -0.2) is 0 Å². The first kappa shape index (κ1) is 14.4. The summed E-state index contributed by atoms with van der Waals surface area (Å²) >= 11 is 1.93. The Hall–Kier alpha value is -0.630. The number of benzene rings is 1. The number of thioether (sulfide) groups is 1. The zero-order valence-corrected chi connectivity index (χ0v) is 13.0. The number of para-hydroxylation sites is 1. The molecule has 0 spiro atoms. The van der Waals surface area contributed by atoms with E-state index in [1.54, 1.807) is 0 Å². The fraction of sp³-hybridized carbons (Fsp3) is 0.600. The maximum absolute atomic E-state index is 2.35. The molecule has 1 nitrogen and oxygen atoms in total. The quantitative estimate of drug-likeness (QED) is 0.694. The molecule has 0 N–H and O–H groups in total. The zero-order valence-electron chi connectivity index (χ0n) is 12.2. The van der Waals surface area contributed by atoms with E-state index in [1.807, 2.05) is 11.8 Å². The third-order valence-electron chi connectivity index (χ3n) is 2.65. The standard InChI is InChI=1S/C15H25NS/c1-14(2,3)16(7)12-10-8-9-11-13(12)17-15(4,5)6/h8-11H,1-7H3. The lowest BCUT2D eigenvalue weighted by Crippen LogP contribution is -2.38. The van der Waals surface area contributed by atoms with Crippen LogP contribution in [0.3, 0.4) is 0 Å². The van der Waals surface area contributed by atoms with Gasteiger partial charge in [-0.3, -0.25) is 0 Å². The van der Waals surface area contributed by atoms with E-state index in [0.29, 0.717) is 0 Å². The highest BCUT2D eigenvalue weighted by atomic mass is 32.2. The van der Waals surface area contributed by atoms with Crippen LogP contribution in [-0.4, -0.2) is 17.3 Å². The number of hydrogen-bond donors (Lipinski definition) is 0. The number of nitrogens with zero attached hydrogens (tertiary/aromatic N) is 1. The lowest BCUT2D eigenvalue weighted by molar-refractivity contribution is 0.536. The summed E-state index contributed by atoms with van der Waals surface area (Å²) in [5, 5.41) is 0. The Bertz CT molecular complexity index is 371. The molecule has 0 bridgehead atoms. The topological polar surface area (TPSA) is 3.24 Å². The Labute approximate surface area is 111 Å². The van der Waals surface area contributed by atoms with E-state index in [-0.39, 0.29) is 10.3 Å². The van der Waals surface area contributed by atoms with Crippen molar-refractivity contribution in [2.24, 2.45) is 0 Å². The molecule has 0 amide bonds. The minimum Gasteiger partial charge on any atom is -0.369 e. The van der Waals surface area contributed by atoms with Crippen LogP contribution in [0.2, 0.25) is 0 Å². The molecule has 0 unspecified atom stereocenters. The number of rotatable bonds is 2. The van der Waals surface area contributed by atoms with Crippen molar-refractivity contribution < 1.29 is 0 Å². The van der Waals surface area contributed by atoms with E-state index in [1.165, 1.54) is 10.6 Å². The molecule has 96 valence electrons. The van der Waals surface area contributed by atoms with E-state index in [2.05, 4.69) is 77.8 Å². The van der Waals surface area contributed by atoms with Gasteiger partial charge in [0.2, 0.25) is 0 Å². The van der Waals surface area contributed by atoms with Gasteiger partial charge in [-0.15, -0.1) is 11.8 Å². The molecule has 0 aliphatic heterocycles. The van der Waals surface area contributed by atoms with Crippen LogP contribution >= 0.6 is 11.8 Å². The van der Waals surface area contributed by atoms with Gasteiger partial charge in [0.25, 0.3) is 0 Å². The largest absolute Gasteiger partial charge is 0.369 e. The SMILES string of the molecule is CN(c1ccccc1SC(C)(C)C)C(C)(C)C. The van der Waals surface area contributed by atoms with Crippen LogP contribution in [0.25, 0.3) is 0 Å². The van der Waals surface area contributed by atoms with Gasteiger partial charge in [0, 0.05) is 22.2 Å². The van der Waals surface area contributed by atoms with Crippen LogP contribution in [0.5, 0.6) is 0 Å². The Balaban J connectivity index is 3.08. The summed E-state index contributed by atoms with van der Waals surface area (Å²) in [6.45, 7) is 13.5. The van der Waals surface area contributed by atoms with Gasteiger partial charge in [-0.05, 0) is 32.9 Å². The molecule has 1 rings (SSSR count). The lowest BCUT2D eigenvalue weighted by atomic mass is 10.1. The summed E-state index contributed by atoms with van der Waals surface area (Å²) in [4.78, 5) is 3.71. The smallest absolute Gasteiger partial charge is 0.0506 e. The molecule has 0 fully saturated rings. The highest BCUT2D eigenvalue weighted by Gasteiger charge is 2.22. The second-order valence-electron chi connectivity index (χ2n) is 6.41. The van der Waals surface area contributed by atoms with Crippen molar-refractivity contribution in [1.82, 2.24) is 0 Å². The number of anilines is 1. The van der Waals surface area contributed by atoms with Gasteiger partial charge < -0.3 is 4.90 Å². The molecule has 0 atom stereocenters. The third-order valence-corrected chi connectivity index (χ3v) is 3.83. The predicted octanol–water partition coefficient (Wildman–Crippen LogP) is 4.81. The minimum atomic E-state index is 0.147. The molecule has 0 aromatic heterocycles. The number of hydrogen-bond acceptors (Lipinski definition) is 2. The van der Waals surface area contributed by atoms with Crippen LogP contribution < -0.4 is 4.90 Å². The van der Waals surface area contributed by atoms with Crippen LogP contribution in [0, 0.1) is 0 Å². The van der Waals surface area contributed by atoms with Gasteiger partial charge in [0.1, 0.15) is 0 Å². The Morgan fingerprint density at radius 2 is 1.47 bits per heavy atom. The fourth-order valence-electron chi connectivity index (χ4n) is 1.51. The average Bonchev–Trinajstić information content (AvgIpc) is 2.13. The molecule has 0 saturated carbocycles. The van der Waals surface area contributed by atoms with Crippen molar-refractivity contribution in [3.8, 4) is 0 Å². The fourth-order valence-corrected chi connectivity index (χ4v) is 2.63. The molecule has 1 aromatic carbocycles. The first-order chi connectivity index (χ1) is 7.61. The molecule has 0 heterocycles. The summed E-state index contributed by atoms with van der Waals surface area (Å²) in [6, 6.07) is 8.66. The van der Waals surface area contributed by atoms with Crippen LogP contribution in [0.4, 0.5) is 5.69 Å². The third kappa shape index (κ3) is 4.27. The lowest BCUT2D eigenvalue weighted by Gasteiger charge is -2.36. The Morgan fingerprint density at radius 3 is 1.94 bits per heavy atom. The minimum absolute atomic E-state index is 0.147. The van der Waals surface area contributed by atoms with Crippen molar-refractivity contribution in [2.45, 2.75) is 56.7 Å². The van der Waals surface area contributed by atoms with E-state index < -0.39 is 0 Å². The van der Waals surface area contributed by atoms with Crippen molar-refractivity contribution in [3.63, 3.8) is 0 Å². The van der Waals surface area contributed by atoms with Crippen LogP contribution in [0.15, 0.2) is 29.2 Å². The van der Waals surface area contributed by atoms with E-state index in [9.17, 15) is 0 Å². The first-order valence-corrected chi connectivity index (χ1v) is 6.95. The summed E-state index contributed by atoms with van der Waals surface area (Å²) in [6.07, 6.45) is 0. The Morgan fingerprint density at radius 1 is 0.941 bits per heavy atom. The predicted molar refractivity (Wildman–Crippen MR) is 80.2 cm³/mol. The van der Waals surface area contributed by atoms with Crippen molar-refractivity contribution in [2.75, 3.05) is 11.9 Å². The summed E-state index contributed by atoms with van der Waals surface area (Å²) in [5.74, 6) is 0. The van der Waals surface area contributed by atoms with E-state index in [4.69, 9.17) is 0 Å². The summed E-state index contributed by atoms with van der Waals surface area (Å²) in [7, 11) is 2.17. The molecule has 2 heteroatoms. The average molecular weight is 251 g/mol. The summed E-state index contributed by atoms with van der Waals surface area (Å²) < 4.78 is 0.245. The van der Waals surface area contributed by atoms with Gasteiger partial charge >= 0.3 is 0 Å². The molecule has 0 radical (unpaired) electrons. The molecule has 17 heavy (non-hydrogen) atoms. The molecule has 1 aromatic rings. The van der Waals surface area contributed by atoms with Crippen LogP contribution in [-0.2, 0) is 0 Å². The maximum Gasteiger partial charge on any atom is 0.0506 e. The van der Waals surface area contributed by atoms with Gasteiger partial charge in [0.05, 0.1) is 5.69 Å². The van der Waals surface area contributed by atoms with Crippen molar-refractivity contribution in [1.29, 1.82) is 0 Å². The molecule has 0 aliphatic rings. The van der Waals surface area contributed by atoms with Crippen molar-refractivity contribution in [3.05, 3.63) is 24.3 Å². The first-order valence-electron chi connectivity index (χ1n) is 6.13. The summed E-state index contributed by atoms with van der Waals surface area (Å²) in [5.41, 5.74) is 1.47. The van der Waals surface area contributed by atoms with Crippen molar-refractivity contribution >= 4 is 17.4 Å². The normalized spacial score (nSPS) is 12.6. The second-order valence-corrected chi connectivity index (χ2v) is 8.28. The van der Waals surface area contributed by atoms with Gasteiger partial charge in [-0.2, -0.15) is 0 Å². The molecular weight excluding hydrogens is 226 g/mol. The van der Waals surface area contributed by atoms with Gasteiger partial charge in [-0.1, -0.05) is 32.9 Å². The maximum atomic E-state index is 2.35. The zero-order chi connectivity index (χ0) is 13.3. The highest BCUT2D eigenvalue weighted by Crippen LogP contribution is 2.39. The highest BCUT2D eigenvalue weighted by molar-refractivity contribution is 8.00. The van der Waals surface area contributed by atoms with Gasteiger partial charge in [0.15, 0.2) is 0 Å². The monoisotopic (exact) mass is 251 g/mol. The Kier molecular flexibility index (Phi) is 4.19. The van der Waals surface area contributed by atoms with E-state index >= 15 is 0 Å². The van der Waals surface area contributed by atoms with Crippen LogP contribution in [0.1, 0.15) is 41.5 Å². The van der Waals surface area contributed by atoms with E-state index in [0.717, 1.165) is 0 Å². The second kappa shape index (κ2) is 4.93.